The van der Waals surface area contributed by atoms with Crippen molar-refractivity contribution in [3.8, 4) is 0 Å². The number of aromatic nitrogens is 2. The summed E-state index contributed by atoms with van der Waals surface area (Å²) in [5.74, 6) is -0.393. The van der Waals surface area contributed by atoms with Crippen molar-refractivity contribution >= 4 is 5.71 Å². The number of fused-ring (bicyclic) bond motifs is 1. The van der Waals surface area contributed by atoms with Crippen molar-refractivity contribution in [1.82, 2.24) is 14.5 Å². The number of benzene rings is 1. The van der Waals surface area contributed by atoms with Crippen molar-refractivity contribution in [2.75, 3.05) is 6.61 Å². The highest BCUT2D eigenvalue weighted by Gasteiger charge is 2.38. The normalized spacial score (nSPS) is 24.4. The second-order valence-corrected chi connectivity index (χ2v) is 8.25. The lowest BCUT2D eigenvalue weighted by Crippen LogP contribution is -2.48. The van der Waals surface area contributed by atoms with Crippen LogP contribution in [0.2, 0.25) is 0 Å². The van der Waals surface area contributed by atoms with Gasteiger partial charge in [-0.3, -0.25) is 10.3 Å². The fourth-order valence-electron chi connectivity index (χ4n) is 4.53. The third kappa shape index (κ3) is 4.13. The van der Waals surface area contributed by atoms with E-state index in [4.69, 9.17) is 26.6 Å². The van der Waals surface area contributed by atoms with Gasteiger partial charge in [0, 0.05) is 43.0 Å². The van der Waals surface area contributed by atoms with Gasteiger partial charge >= 0.3 is 0 Å². The molecule has 166 valence electrons. The van der Waals surface area contributed by atoms with Crippen LogP contribution >= 0.6 is 0 Å². The molecule has 2 aliphatic heterocycles. The van der Waals surface area contributed by atoms with Crippen molar-refractivity contribution in [1.29, 1.82) is 5.41 Å². The smallest absolute Gasteiger partial charge is 0.158 e. The summed E-state index contributed by atoms with van der Waals surface area (Å²) in [5.41, 5.74) is 15.1. The molecule has 9 heteroatoms. The van der Waals surface area contributed by atoms with E-state index in [0.717, 1.165) is 29.6 Å². The highest BCUT2D eigenvalue weighted by Crippen LogP contribution is 2.34. The summed E-state index contributed by atoms with van der Waals surface area (Å²) in [4.78, 5) is 6.95. The quantitative estimate of drug-likeness (QED) is 0.632. The Labute approximate surface area is 180 Å². The molecule has 5 N–H and O–H groups in total. The molecule has 0 saturated carbocycles. The van der Waals surface area contributed by atoms with E-state index in [2.05, 4.69) is 4.90 Å². The van der Waals surface area contributed by atoms with Gasteiger partial charge in [-0.05, 0) is 44.5 Å². The van der Waals surface area contributed by atoms with E-state index in [9.17, 15) is 8.78 Å². The minimum absolute atomic E-state index is 0.0523. The van der Waals surface area contributed by atoms with Gasteiger partial charge in [0.2, 0.25) is 0 Å². The maximum absolute atomic E-state index is 14.2. The van der Waals surface area contributed by atoms with Crippen LogP contribution in [0.1, 0.15) is 49.1 Å². The summed E-state index contributed by atoms with van der Waals surface area (Å²) in [7, 11) is 0. The maximum atomic E-state index is 14.2. The third-order valence-electron chi connectivity index (χ3n) is 5.97. The fraction of sp³-hybridized carbons (Fsp3) is 0.455. The molecule has 3 heterocycles. The second kappa shape index (κ2) is 8.49. The van der Waals surface area contributed by atoms with E-state index in [0.29, 0.717) is 49.9 Å². The number of hydrogen-bond acceptors (Lipinski definition) is 6. The van der Waals surface area contributed by atoms with Gasteiger partial charge in [-0.1, -0.05) is 0 Å². The number of halogens is 2. The maximum Gasteiger partial charge on any atom is 0.158 e. The minimum Gasteiger partial charge on any atom is -0.402 e. The lowest BCUT2D eigenvalue weighted by atomic mass is 9.93. The molecule has 0 spiro atoms. The van der Waals surface area contributed by atoms with Crippen LogP contribution in [0.5, 0.6) is 0 Å². The van der Waals surface area contributed by atoms with Crippen LogP contribution in [-0.4, -0.2) is 38.9 Å². The SMILES string of the molecule is CCn1c(C(=N)/C=C(/C)N)nc2c1CN([C@H]1CO[C@H](c3cc(F)ccc3F)[C@@H](N)C1)C2. The molecule has 0 unspecified atom stereocenters. The average Bonchev–Trinajstić information content (AvgIpc) is 3.27. The van der Waals surface area contributed by atoms with Gasteiger partial charge in [0.25, 0.3) is 0 Å². The Morgan fingerprint density at radius 2 is 2.13 bits per heavy atom. The molecule has 2 aliphatic rings. The summed E-state index contributed by atoms with van der Waals surface area (Å²) >= 11 is 0. The summed E-state index contributed by atoms with van der Waals surface area (Å²) in [6.45, 7) is 6.16. The molecule has 4 rings (SSSR count). The van der Waals surface area contributed by atoms with E-state index in [-0.39, 0.29) is 11.6 Å². The predicted octanol–water partition coefficient (Wildman–Crippen LogP) is 2.58. The minimum atomic E-state index is -0.669. The van der Waals surface area contributed by atoms with Gasteiger partial charge in [-0.25, -0.2) is 13.8 Å². The number of nitrogens with two attached hydrogens (primary N) is 2. The zero-order valence-electron chi connectivity index (χ0n) is 17.7. The zero-order chi connectivity index (χ0) is 22.3. The van der Waals surface area contributed by atoms with Gasteiger partial charge < -0.3 is 20.8 Å². The Bertz CT molecular complexity index is 1030. The molecule has 7 nitrogen and oxygen atoms in total. The fourth-order valence-corrected chi connectivity index (χ4v) is 4.53. The first-order valence-electron chi connectivity index (χ1n) is 10.5. The third-order valence-corrected chi connectivity index (χ3v) is 5.97. The van der Waals surface area contributed by atoms with E-state index in [1.807, 2.05) is 11.5 Å². The van der Waals surface area contributed by atoms with Crippen LogP contribution < -0.4 is 11.5 Å². The van der Waals surface area contributed by atoms with E-state index < -0.39 is 23.8 Å². The number of rotatable bonds is 5. The van der Waals surface area contributed by atoms with Gasteiger partial charge in [0.05, 0.1) is 23.7 Å². The van der Waals surface area contributed by atoms with Crippen molar-refractivity contribution in [2.24, 2.45) is 11.5 Å². The standard InChI is InChI=1S/C22H28F2N6O/c1-3-30-20-10-29(9-19(20)28-22(30)18(27)6-12(2)25)14-8-17(26)21(31-11-14)15-7-13(23)4-5-16(15)24/h4-7,14,17,21,27H,3,8-11,25-26H2,1-2H3/b12-6-,27-18?/t14-,17+,21-/m1/s1. The highest BCUT2D eigenvalue weighted by molar-refractivity contribution is 6.04. The van der Waals surface area contributed by atoms with Crippen molar-refractivity contribution in [2.45, 2.75) is 58.1 Å². The molecule has 0 bridgehead atoms. The zero-order valence-corrected chi connectivity index (χ0v) is 17.7. The number of allylic oxidation sites excluding steroid dienone is 2. The molecule has 0 radical (unpaired) electrons. The first-order chi connectivity index (χ1) is 14.8. The van der Waals surface area contributed by atoms with E-state index in [1.165, 1.54) is 0 Å². The van der Waals surface area contributed by atoms with E-state index >= 15 is 0 Å². The van der Waals surface area contributed by atoms with Gasteiger partial charge in [0.15, 0.2) is 5.82 Å². The Morgan fingerprint density at radius 3 is 2.81 bits per heavy atom. The van der Waals surface area contributed by atoms with Crippen LogP contribution in [0, 0.1) is 17.0 Å². The Kier molecular flexibility index (Phi) is 5.92. The molecule has 1 saturated heterocycles. The Morgan fingerprint density at radius 1 is 1.35 bits per heavy atom. The number of ether oxygens (including phenoxy) is 1. The topological polar surface area (TPSA) is 106 Å². The lowest BCUT2D eigenvalue weighted by Gasteiger charge is -2.38. The molecular formula is C22H28F2N6O. The second-order valence-electron chi connectivity index (χ2n) is 8.25. The molecule has 0 aliphatic carbocycles. The van der Waals surface area contributed by atoms with Crippen LogP contribution in [0.3, 0.4) is 0 Å². The first kappa shape index (κ1) is 21.6. The predicted molar refractivity (Wildman–Crippen MR) is 113 cm³/mol. The largest absolute Gasteiger partial charge is 0.402 e. The lowest BCUT2D eigenvalue weighted by molar-refractivity contribution is -0.0535. The summed E-state index contributed by atoms with van der Waals surface area (Å²) < 4.78 is 35.7. The molecule has 1 aromatic heterocycles. The monoisotopic (exact) mass is 430 g/mol. The number of hydrogen-bond donors (Lipinski definition) is 3. The number of nitrogens with one attached hydrogen (secondary N) is 1. The molecule has 1 fully saturated rings. The van der Waals surface area contributed by atoms with Gasteiger partial charge in [-0.15, -0.1) is 0 Å². The summed E-state index contributed by atoms with van der Waals surface area (Å²) in [6, 6.07) is 2.96. The van der Waals surface area contributed by atoms with Gasteiger partial charge in [-0.2, -0.15) is 0 Å². The van der Waals surface area contributed by atoms with Crippen LogP contribution in [0.4, 0.5) is 8.78 Å². The molecular weight excluding hydrogens is 402 g/mol. The highest BCUT2D eigenvalue weighted by atomic mass is 19.1. The molecule has 1 aromatic carbocycles. The average molecular weight is 431 g/mol. The first-order valence-corrected chi connectivity index (χ1v) is 10.5. The molecule has 31 heavy (non-hydrogen) atoms. The molecule has 3 atom stereocenters. The molecule has 0 amide bonds. The van der Waals surface area contributed by atoms with Crippen molar-refractivity contribution in [3.63, 3.8) is 0 Å². The van der Waals surface area contributed by atoms with Gasteiger partial charge in [0.1, 0.15) is 17.7 Å². The number of imidazole rings is 1. The van der Waals surface area contributed by atoms with Crippen LogP contribution in [0.25, 0.3) is 0 Å². The van der Waals surface area contributed by atoms with Crippen molar-refractivity contribution < 1.29 is 13.5 Å². The van der Waals surface area contributed by atoms with E-state index in [1.54, 1.807) is 13.0 Å². The summed E-state index contributed by atoms with van der Waals surface area (Å²) in [5, 5.41) is 8.28. The van der Waals surface area contributed by atoms with Crippen molar-refractivity contribution in [3.05, 3.63) is 64.4 Å². The Hall–Kier alpha value is -2.62. The van der Waals surface area contributed by atoms with Crippen LogP contribution in [0.15, 0.2) is 30.0 Å². The Balaban J connectivity index is 1.47. The number of nitrogens with zero attached hydrogens (tertiary/aromatic N) is 3. The van der Waals surface area contributed by atoms with Crippen LogP contribution in [-0.2, 0) is 24.4 Å². The molecule has 2 aromatic rings. The summed E-state index contributed by atoms with van der Waals surface area (Å²) in [6.07, 6.45) is 1.55.